The summed E-state index contributed by atoms with van der Waals surface area (Å²) in [5.41, 5.74) is 17.8. The van der Waals surface area contributed by atoms with E-state index in [1.54, 1.807) is 17.9 Å². The van der Waals surface area contributed by atoms with Crippen molar-refractivity contribution in [1.82, 2.24) is 4.90 Å². The molecule has 0 spiro atoms. The summed E-state index contributed by atoms with van der Waals surface area (Å²) in [6.07, 6.45) is 0. The number of carbonyl (C=O) groups excluding carboxylic acids is 2. The lowest BCUT2D eigenvalue weighted by Gasteiger charge is -2.23. The van der Waals surface area contributed by atoms with E-state index >= 15 is 0 Å². The highest BCUT2D eigenvalue weighted by Crippen LogP contribution is 2.14. The lowest BCUT2D eigenvalue weighted by Crippen LogP contribution is -2.39. The van der Waals surface area contributed by atoms with Crippen LogP contribution in [-0.4, -0.2) is 29.8 Å². The molecular weight excluding hydrogens is 244 g/mol. The van der Waals surface area contributed by atoms with Crippen LogP contribution in [0.25, 0.3) is 0 Å². The number of hydrogen-bond donors (Lipinski definition) is 3. The minimum Gasteiger partial charge on any atom is -0.398 e. The van der Waals surface area contributed by atoms with Crippen LogP contribution in [0, 0.1) is 5.92 Å². The first kappa shape index (κ1) is 15.0. The quantitative estimate of drug-likeness (QED) is 0.585. The van der Waals surface area contributed by atoms with E-state index in [2.05, 4.69) is 0 Å². The molecule has 0 aromatic heterocycles. The molecule has 19 heavy (non-hydrogen) atoms. The van der Waals surface area contributed by atoms with Gasteiger partial charge in [-0.05, 0) is 11.6 Å². The van der Waals surface area contributed by atoms with Crippen molar-refractivity contribution in [3.8, 4) is 0 Å². The number of benzene rings is 1. The van der Waals surface area contributed by atoms with Crippen molar-refractivity contribution < 1.29 is 9.59 Å². The Hall–Kier alpha value is -2.08. The fourth-order valence-electron chi connectivity index (χ4n) is 1.80. The molecule has 1 atom stereocenters. The highest BCUT2D eigenvalue weighted by molar-refractivity contribution is 5.77. The average molecular weight is 264 g/mol. The zero-order chi connectivity index (χ0) is 14.4. The minimum atomic E-state index is -0.453. The zero-order valence-corrected chi connectivity index (χ0v) is 11.0. The SMILES string of the molecule is CC(CN(CC(N)=O)Cc1ccccc1N)C(N)=O. The first-order valence-corrected chi connectivity index (χ1v) is 6.03. The first-order chi connectivity index (χ1) is 8.90. The summed E-state index contributed by atoms with van der Waals surface area (Å²) in [6, 6.07) is 7.36. The maximum absolute atomic E-state index is 11.1. The average Bonchev–Trinajstić information content (AvgIpc) is 2.31. The van der Waals surface area contributed by atoms with Gasteiger partial charge < -0.3 is 17.2 Å². The van der Waals surface area contributed by atoms with Gasteiger partial charge in [-0.3, -0.25) is 14.5 Å². The Morgan fingerprint density at radius 1 is 1.26 bits per heavy atom. The number of para-hydroxylation sites is 1. The van der Waals surface area contributed by atoms with Crippen LogP contribution >= 0.6 is 0 Å². The summed E-state index contributed by atoms with van der Waals surface area (Å²) in [7, 11) is 0. The third kappa shape index (κ3) is 4.97. The van der Waals surface area contributed by atoms with Gasteiger partial charge in [-0.15, -0.1) is 0 Å². The molecular formula is C13H20N4O2. The summed E-state index contributed by atoms with van der Waals surface area (Å²) < 4.78 is 0. The van der Waals surface area contributed by atoms with E-state index in [0.717, 1.165) is 5.56 Å². The monoisotopic (exact) mass is 264 g/mol. The van der Waals surface area contributed by atoms with Crippen LogP contribution in [0.4, 0.5) is 5.69 Å². The minimum absolute atomic E-state index is 0.0615. The van der Waals surface area contributed by atoms with E-state index in [-0.39, 0.29) is 12.5 Å². The van der Waals surface area contributed by atoms with Crippen LogP contribution in [-0.2, 0) is 16.1 Å². The number of nitrogens with zero attached hydrogens (tertiary/aromatic N) is 1. The number of hydrogen-bond acceptors (Lipinski definition) is 4. The summed E-state index contributed by atoms with van der Waals surface area (Å²) in [4.78, 5) is 23.9. The summed E-state index contributed by atoms with van der Waals surface area (Å²) in [6.45, 7) is 2.59. The number of primary amides is 2. The van der Waals surface area contributed by atoms with Crippen molar-refractivity contribution in [3.63, 3.8) is 0 Å². The Bertz CT molecular complexity index is 462. The van der Waals surface area contributed by atoms with E-state index in [0.29, 0.717) is 18.8 Å². The number of amides is 2. The largest absolute Gasteiger partial charge is 0.398 e. The lowest BCUT2D eigenvalue weighted by molar-refractivity contribution is -0.124. The Morgan fingerprint density at radius 3 is 2.42 bits per heavy atom. The van der Waals surface area contributed by atoms with Gasteiger partial charge in [-0.25, -0.2) is 0 Å². The van der Waals surface area contributed by atoms with Crippen LogP contribution in [0.15, 0.2) is 24.3 Å². The number of carbonyl (C=O) groups is 2. The van der Waals surface area contributed by atoms with Crippen molar-refractivity contribution in [3.05, 3.63) is 29.8 Å². The molecule has 6 N–H and O–H groups in total. The van der Waals surface area contributed by atoms with Gasteiger partial charge in [-0.1, -0.05) is 25.1 Å². The highest BCUT2D eigenvalue weighted by Gasteiger charge is 2.17. The molecule has 2 amide bonds. The molecule has 0 heterocycles. The van der Waals surface area contributed by atoms with E-state index in [1.165, 1.54) is 0 Å². The second-order valence-electron chi connectivity index (χ2n) is 4.64. The molecule has 0 aliphatic heterocycles. The van der Waals surface area contributed by atoms with Gasteiger partial charge in [0.1, 0.15) is 0 Å². The molecule has 104 valence electrons. The topological polar surface area (TPSA) is 115 Å². The van der Waals surface area contributed by atoms with Gasteiger partial charge in [0, 0.05) is 24.7 Å². The Morgan fingerprint density at radius 2 is 1.89 bits per heavy atom. The van der Waals surface area contributed by atoms with Gasteiger partial charge in [0.2, 0.25) is 11.8 Å². The summed E-state index contributed by atoms with van der Waals surface area (Å²) in [5.74, 6) is -1.22. The lowest BCUT2D eigenvalue weighted by atomic mass is 10.1. The smallest absolute Gasteiger partial charge is 0.231 e. The maximum Gasteiger partial charge on any atom is 0.231 e. The molecule has 0 fully saturated rings. The molecule has 0 aliphatic rings. The fraction of sp³-hybridized carbons (Fsp3) is 0.385. The summed E-state index contributed by atoms with van der Waals surface area (Å²) in [5, 5.41) is 0. The Balaban J connectivity index is 2.77. The summed E-state index contributed by atoms with van der Waals surface area (Å²) >= 11 is 0. The van der Waals surface area contributed by atoms with Crippen molar-refractivity contribution in [2.75, 3.05) is 18.8 Å². The zero-order valence-electron chi connectivity index (χ0n) is 11.0. The number of nitrogen functional groups attached to an aromatic ring is 1. The van der Waals surface area contributed by atoms with E-state index in [9.17, 15) is 9.59 Å². The van der Waals surface area contributed by atoms with Gasteiger partial charge in [0.25, 0.3) is 0 Å². The molecule has 0 aliphatic carbocycles. The normalized spacial score (nSPS) is 12.3. The van der Waals surface area contributed by atoms with Crippen LogP contribution in [0.5, 0.6) is 0 Å². The van der Waals surface area contributed by atoms with E-state index < -0.39 is 11.8 Å². The third-order valence-corrected chi connectivity index (χ3v) is 2.85. The molecule has 6 heteroatoms. The number of anilines is 1. The van der Waals surface area contributed by atoms with Gasteiger partial charge in [-0.2, -0.15) is 0 Å². The number of nitrogens with two attached hydrogens (primary N) is 3. The van der Waals surface area contributed by atoms with Crippen molar-refractivity contribution in [2.45, 2.75) is 13.5 Å². The van der Waals surface area contributed by atoms with Crippen LogP contribution in [0.1, 0.15) is 12.5 Å². The first-order valence-electron chi connectivity index (χ1n) is 6.03. The van der Waals surface area contributed by atoms with E-state index in [1.807, 2.05) is 18.2 Å². The molecule has 0 saturated heterocycles. The van der Waals surface area contributed by atoms with Gasteiger partial charge in [0.05, 0.1) is 6.54 Å². The maximum atomic E-state index is 11.1. The van der Waals surface area contributed by atoms with Crippen LogP contribution in [0.3, 0.4) is 0 Å². The van der Waals surface area contributed by atoms with Crippen molar-refractivity contribution >= 4 is 17.5 Å². The Kier molecular flexibility index (Phi) is 5.32. The van der Waals surface area contributed by atoms with Crippen LogP contribution < -0.4 is 17.2 Å². The van der Waals surface area contributed by atoms with Crippen molar-refractivity contribution in [1.29, 1.82) is 0 Å². The molecule has 1 aromatic carbocycles. The molecule has 1 unspecified atom stereocenters. The second kappa shape index (κ2) is 6.75. The van der Waals surface area contributed by atoms with Crippen LogP contribution in [0.2, 0.25) is 0 Å². The molecule has 0 saturated carbocycles. The van der Waals surface area contributed by atoms with Crippen molar-refractivity contribution in [2.24, 2.45) is 17.4 Å². The Labute approximate surface area is 112 Å². The highest BCUT2D eigenvalue weighted by atomic mass is 16.1. The molecule has 6 nitrogen and oxygen atoms in total. The van der Waals surface area contributed by atoms with E-state index in [4.69, 9.17) is 17.2 Å². The standard InChI is InChI=1S/C13H20N4O2/c1-9(13(16)19)6-17(8-12(15)18)7-10-4-2-3-5-11(10)14/h2-5,9H,6-8,14H2,1H3,(H2,15,18)(H2,16,19). The molecule has 1 rings (SSSR count). The van der Waals surface area contributed by atoms with Gasteiger partial charge >= 0.3 is 0 Å². The molecule has 0 radical (unpaired) electrons. The van der Waals surface area contributed by atoms with Gasteiger partial charge in [0.15, 0.2) is 0 Å². The number of rotatable bonds is 7. The predicted octanol–water partition coefficient (Wildman–Crippen LogP) is -0.322. The molecule has 0 bridgehead atoms. The molecule has 1 aromatic rings. The fourth-order valence-corrected chi connectivity index (χ4v) is 1.80. The third-order valence-electron chi connectivity index (χ3n) is 2.85. The second-order valence-corrected chi connectivity index (χ2v) is 4.64. The predicted molar refractivity (Wildman–Crippen MR) is 73.7 cm³/mol.